The molecule has 3 aliphatic heterocycles. The first-order chi connectivity index (χ1) is 49.0. The van der Waals surface area contributed by atoms with Crippen molar-refractivity contribution in [2.75, 3.05) is 77.7 Å². The Morgan fingerprint density at radius 2 is 0.931 bits per heavy atom. The van der Waals surface area contributed by atoms with Crippen LogP contribution in [-0.4, -0.2) is 136 Å². The number of ketones is 2. The minimum atomic E-state index is -1.41. The van der Waals surface area contributed by atoms with Crippen LogP contribution >= 0.6 is 11.6 Å². The maximum absolute atomic E-state index is 15.0. The second-order valence-corrected chi connectivity index (χ2v) is 24.1. The van der Waals surface area contributed by atoms with Crippen molar-refractivity contribution in [3.05, 3.63) is 253 Å². The Bertz CT molecular complexity index is 4430. The number of piperidine rings is 3. The summed E-state index contributed by atoms with van der Waals surface area (Å²) in [5.74, 6) is 1.45. The fourth-order valence-electron chi connectivity index (χ4n) is 11.7. The number of hydrogen-bond donors (Lipinski definition) is 8. The van der Waals surface area contributed by atoms with E-state index >= 15 is 0 Å². The zero-order chi connectivity index (χ0) is 71.4. The second kappa shape index (κ2) is 34.4. The molecule has 0 spiro atoms. The quantitative estimate of drug-likeness (QED) is 0.0245. The van der Waals surface area contributed by atoms with E-state index < -0.39 is 17.7 Å². The van der Waals surface area contributed by atoms with Gasteiger partial charge >= 0.3 is 0 Å². The number of halogens is 2. The van der Waals surface area contributed by atoms with Crippen molar-refractivity contribution >= 4 is 87.2 Å². The average Bonchev–Trinajstić information content (AvgIpc) is 0.806. The van der Waals surface area contributed by atoms with E-state index in [0.29, 0.717) is 85.3 Å². The summed E-state index contributed by atoms with van der Waals surface area (Å²) in [5, 5.41) is 24.4. The van der Waals surface area contributed by atoms with Crippen LogP contribution in [-0.2, 0) is 14.4 Å². The molecular formula is C75H76ClFN16O8. The molecule has 12 rings (SSSR count). The number of para-hydroxylation sites is 3. The highest BCUT2D eigenvalue weighted by atomic mass is 35.5. The van der Waals surface area contributed by atoms with Crippen LogP contribution < -0.4 is 47.9 Å². The van der Waals surface area contributed by atoms with Crippen molar-refractivity contribution in [1.29, 1.82) is 0 Å². The van der Waals surface area contributed by atoms with Gasteiger partial charge in [0.25, 0.3) is 0 Å². The van der Waals surface area contributed by atoms with Crippen molar-refractivity contribution in [2.24, 2.45) is 0 Å². The number of rotatable bonds is 21. The molecule has 26 heteroatoms. The van der Waals surface area contributed by atoms with E-state index in [9.17, 15) is 33.5 Å². The summed E-state index contributed by atoms with van der Waals surface area (Å²) in [6.45, 7) is 14.1. The fraction of sp³-hybridized carbons (Fsp3) is 0.213. The molecular weight excluding hydrogens is 1310 g/mol. The number of carbonyl (C=O) groups is 5. The highest BCUT2D eigenvalue weighted by Gasteiger charge is 2.31. The first kappa shape index (κ1) is 71.7. The van der Waals surface area contributed by atoms with Gasteiger partial charge in [0.05, 0.1) is 10.6 Å². The summed E-state index contributed by atoms with van der Waals surface area (Å²) >= 11 is 6.45. The Morgan fingerprint density at radius 3 is 1.40 bits per heavy atom. The number of anilines is 8. The van der Waals surface area contributed by atoms with Crippen molar-refractivity contribution < 1.29 is 42.9 Å². The lowest BCUT2D eigenvalue weighted by Gasteiger charge is -2.33. The molecule has 11 N–H and O–H groups in total. The molecule has 4 atom stereocenters. The van der Waals surface area contributed by atoms with Crippen molar-refractivity contribution in [1.82, 2.24) is 44.6 Å². The lowest BCUT2D eigenvalue weighted by atomic mass is 10.00. The summed E-state index contributed by atoms with van der Waals surface area (Å²) in [4.78, 5) is 92.7. The predicted molar refractivity (Wildman–Crippen MR) is 388 cm³/mol. The largest absolute Gasteiger partial charge is 0.457 e. The Kier molecular flexibility index (Phi) is 24.4. The molecule has 0 saturated carbocycles. The van der Waals surface area contributed by atoms with Gasteiger partial charge in [-0.2, -0.15) is 0 Å². The predicted octanol–water partition coefficient (Wildman–Crippen LogP) is 11.6. The number of ether oxygens (including phenoxy) is 2. The van der Waals surface area contributed by atoms with Crippen LogP contribution in [0.1, 0.15) is 87.6 Å². The van der Waals surface area contributed by atoms with Crippen LogP contribution in [0.15, 0.2) is 209 Å². The van der Waals surface area contributed by atoms with Gasteiger partial charge < -0.3 is 67.7 Å². The number of nitrogens with one attached hydrogen (secondary N) is 4. The molecule has 6 heterocycles. The van der Waals surface area contributed by atoms with Gasteiger partial charge in [-0.15, -0.1) is 0 Å². The smallest absolute Gasteiger partial charge is 0.246 e. The molecule has 4 unspecified atom stereocenters. The van der Waals surface area contributed by atoms with E-state index in [4.69, 9.17) is 38.3 Å². The van der Waals surface area contributed by atoms with Crippen molar-refractivity contribution in [2.45, 2.75) is 62.8 Å². The zero-order valence-corrected chi connectivity index (χ0v) is 55.9. The van der Waals surface area contributed by atoms with Crippen LogP contribution in [0.3, 0.4) is 0 Å². The summed E-state index contributed by atoms with van der Waals surface area (Å²) in [5.41, 5.74) is 21.3. The first-order valence-electron chi connectivity index (χ1n) is 32.6. The van der Waals surface area contributed by atoms with Gasteiger partial charge in [-0.1, -0.05) is 85.9 Å². The third-order valence-corrected chi connectivity index (χ3v) is 17.1. The Morgan fingerprint density at radius 1 is 0.515 bits per heavy atom. The second-order valence-electron chi connectivity index (χ2n) is 23.7. The van der Waals surface area contributed by atoms with Gasteiger partial charge in [-0.05, 0) is 142 Å². The van der Waals surface area contributed by atoms with E-state index in [2.05, 4.69) is 70.9 Å². The summed E-state index contributed by atoms with van der Waals surface area (Å²) in [7, 11) is 0. The highest BCUT2D eigenvalue weighted by Crippen LogP contribution is 2.36. The molecule has 6 aromatic carbocycles. The van der Waals surface area contributed by atoms with E-state index in [1.165, 1.54) is 49.3 Å². The summed E-state index contributed by atoms with van der Waals surface area (Å²) in [6, 6.07) is 44.0. The number of nitrogen functional groups attached to an aromatic ring is 3. The van der Waals surface area contributed by atoms with Crippen molar-refractivity contribution in [3.8, 4) is 23.0 Å². The molecule has 3 saturated heterocycles. The molecule has 518 valence electrons. The SMILES string of the molecule is C=CC(=O)N1CCCC(Nc2ncnc(N)c2C(=O)c2ccc(Nc3ccccc3)cc2)C1.C=CC(=O)N1CCCC(Nc2ncnc(N)c2C(=O)c2ccc(Oc3ccccc3)cc2Cl)C1.C=CC(=O)N1CCCC(Nc2ncnc(N)c2C(O)c2ccc(Oc3ccccc3)cc2F)C1. The number of aliphatic hydroxyl groups excluding tert-OH is 1. The fourth-order valence-corrected chi connectivity index (χ4v) is 12.0. The summed E-state index contributed by atoms with van der Waals surface area (Å²) < 4.78 is 26.4. The van der Waals surface area contributed by atoms with E-state index in [1.807, 2.05) is 91.0 Å². The van der Waals surface area contributed by atoms with Gasteiger partial charge in [-0.3, -0.25) is 24.0 Å². The molecule has 101 heavy (non-hydrogen) atoms. The number of nitrogens with two attached hydrogens (primary N) is 3. The molecule has 0 aliphatic carbocycles. The third-order valence-electron chi connectivity index (χ3n) is 16.8. The van der Waals surface area contributed by atoms with Crippen LogP contribution in [0, 0.1) is 5.82 Å². The maximum atomic E-state index is 15.0. The average molecular weight is 1380 g/mol. The van der Waals surface area contributed by atoms with Gasteiger partial charge in [0.1, 0.15) is 99.9 Å². The standard InChI is InChI=1S/C25H24ClN5O3.C25H26FN5O3.C25H26N6O2/c2*1-2-21(32)31-12-6-7-16(14-31)30-25-22(24(27)28-15-29-25)23(33)19-11-10-18(13-20(19)26)34-17-8-4-3-5-9-17;1-2-21(32)31-14-6-9-20(15-31)30-25-22(24(26)27-16-28-25)23(33)17-10-12-19(13-11-17)29-18-7-4-3-5-8-18/h2-5,8-11,13,15-16H,1,6-7,12,14H2,(H3,27,28,29,30);2-5,8-11,13,15-16,23,33H,1,6-7,12,14H2,(H3,27,28,29,30);2-5,7-8,10-13,16,20,29H,1,6,9,14-15H2,(H3,26,27,28,30). The van der Waals surface area contributed by atoms with E-state index in [1.54, 1.807) is 63.2 Å². The molecule has 24 nitrogen and oxygen atoms in total. The number of hydrogen-bond acceptors (Lipinski definition) is 21. The van der Waals surface area contributed by atoms with Gasteiger partial charge in [0.2, 0.25) is 23.5 Å². The maximum Gasteiger partial charge on any atom is 0.246 e. The van der Waals surface area contributed by atoms with Gasteiger partial charge in [-0.25, -0.2) is 34.3 Å². The molecule has 3 aromatic heterocycles. The molecule has 3 amide bonds. The van der Waals surface area contributed by atoms with Crippen molar-refractivity contribution in [3.63, 3.8) is 0 Å². The van der Waals surface area contributed by atoms with Crippen LogP contribution in [0.2, 0.25) is 5.02 Å². The van der Waals surface area contributed by atoms with Gasteiger partial charge in [0.15, 0.2) is 5.78 Å². The Balaban J connectivity index is 0.000000163. The molecule has 9 aromatic rings. The Labute approximate surface area is 588 Å². The summed E-state index contributed by atoms with van der Waals surface area (Å²) in [6.07, 6.45) is 11.3. The normalized spacial score (nSPS) is 15.8. The zero-order valence-electron chi connectivity index (χ0n) is 55.1. The number of aromatic nitrogens is 6. The minimum Gasteiger partial charge on any atom is -0.457 e. The first-order valence-corrected chi connectivity index (χ1v) is 32.9. The topological polar surface area (TPSA) is 337 Å². The number of aliphatic hydroxyl groups is 1. The number of amides is 3. The number of nitrogens with zero attached hydrogens (tertiary/aromatic N) is 9. The lowest BCUT2D eigenvalue weighted by molar-refractivity contribution is -0.127. The molecule has 0 radical (unpaired) electrons. The third kappa shape index (κ3) is 18.8. The lowest BCUT2D eigenvalue weighted by Crippen LogP contribution is -2.44. The van der Waals surface area contributed by atoms with Crippen LogP contribution in [0.5, 0.6) is 23.0 Å². The highest BCUT2D eigenvalue weighted by molar-refractivity contribution is 6.35. The number of likely N-dealkylation sites (tertiary alicyclic amines) is 3. The van der Waals surface area contributed by atoms with Gasteiger partial charge in [0, 0.05) is 97.6 Å². The molecule has 3 fully saturated rings. The number of carbonyl (C=O) groups excluding carboxylic acids is 5. The number of benzene rings is 6. The van der Waals surface area contributed by atoms with Crippen LogP contribution in [0.4, 0.5) is 50.7 Å². The van der Waals surface area contributed by atoms with Crippen LogP contribution in [0.25, 0.3) is 0 Å². The Hall–Kier alpha value is -12.1. The minimum absolute atomic E-state index is 0.0112. The van der Waals surface area contributed by atoms with E-state index in [0.717, 1.165) is 49.9 Å². The molecule has 0 bridgehead atoms. The van der Waals surface area contributed by atoms with E-state index in [-0.39, 0.29) is 91.9 Å². The monoisotopic (exact) mass is 1380 g/mol. The molecule has 3 aliphatic rings.